The van der Waals surface area contributed by atoms with E-state index in [1.165, 1.54) is 0 Å². The molecule has 0 aliphatic carbocycles. The Hall–Kier alpha value is -2.15. The molecule has 2 aromatic rings. The second kappa shape index (κ2) is 4.02. The monoisotopic (exact) mass is 224 g/mol. The summed E-state index contributed by atoms with van der Waals surface area (Å²) >= 11 is 0. The zero-order chi connectivity index (χ0) is 11.7. The fraction of sp³-hybridized carbons (Fsp3) is 0.308. The summed E-state index contributed by atoms with van der Waals surface area (Å²) in [5.74, 6) is 0.402. The molecule has 4 heteroatoms. The third kappa shape index (κ3) is 1.70. The first-order chi connectivity index (χ1) is 8.38. The fourth-order valence-corrected chi connectivity index (χ4v) is 2.20. The minimum atomic E-state index is -0.315. The van der Waals surface area contributed by atoms with Gasteiger partial charge in [0.1, 0.15) is 11.7 Å². The van der Waals surface area contributed by atoms with E-state index in [0.717, 1.165) is 36.1 Å². The van der Waals surface area contributed by atoms with E-state index in [1.54, 1.807) is 0 Å². The molecule has 0 saturated heterocycles. The van der Waals surface area contributed by atoms with E-state index in [2.05, 4.69) is 21.0 Å². The number of H-pyrrole nitrogens is 1. The maximum absolute atomic E-state index is 9.27. The molecule has 1 aromatic carbocycles. The molecule has 2 heterocycles. The van der Waals surface area contributed by atoms with E-state index >= 15 is 0 Å². The van der Waals surface area contributed by atoms with Crippen LogP contribution in [0.5, 0.6) is 0 Å². The van der Waals surface area contributed by atoms with E-state index in [4.69, 9.17) is 0 Å². The number of fused-ring (bicyclic) bond motifs is 1. The number of rotatable bonds is 2. The molecule has 0 fully saturated rings. The Morgan fingerprint density at radius 2 is 2.24 bits per heavy atom. The summed E-state index contributed by atoms with van der Waals surface area (Å²) < 4.78 is 0. The molecule has 0 radical (unpaired) electrons. The smallest absolute Gasteiger partial charge is 0.142 e. The third-order valence-electron chi connectivity index (χ3n) is 3.05. The number of aliphatic imine (C=N–C) groups is 1. The molecule has 3 rings (SSSR count). The molecule has 0 spiro atoms. The highest BCUT2D eigenvalue weighted by atomic mass is 14.9. The average molecular weight is 224 g/mol. The van der Waals surface area contributed by atoms with E-state index in [9.17, 15) is 5.26 Å². The van der Waals surface area contributed by atoms with Gasteiger partial charge in [0, 0.05) is 12.3 Å². The fourth-order valence-electron chi connectivity index (χ4n) is 2.20. The lowest BCUT2D eigenvalue weighted by Crippen LogP contribution is -2.09. The zero-order valence-electron chi connectivity index (χ0n) is 9.35. The Morgan fingerprint density at radius 3 is 2.94 bits per heavy atom. The van der Waals surface area contributed by atoms with Gasteiger partial charge in [-0.15, -0.1) is 0 Å². The number of nitrogens with zero attached hydrogens (tertiary/aromatic N) is 3. The second-order valence-electron chi connectivity index (χ2n) is 4.18. The Kier molecular flexibility index (Phi) is 2.37. The van der Waals surface area contributed by atoms with Gasteiger partial charge < -0.3 is 4.98 Å². The number of imidazole rings is 1. The maximum atomic E-state index is 9.27. The normalized spacial score (nSPS) is 16.8. The lowest BCUT2D eigenvalue weighted by molar-refractivity contribution is 0.938. The van der Waals surface area contributed by atoms with E-state index in [0.29, 0.717) is 5.82 Å². The molecule has 84 valence electrons. The lowest BCUT2D eigenvalue weighted by atomic mass is 10.0. The first-order valence-corrected chi connectivity index (χ1v) is 5.76. The van der Waals surface area contributed by atoms with Crippen LogP contribution in [0.25, 0.3) is 11.0 Å². The van der Waals surface area contributed by atoms with Gasteiger partial charge in [-0.1, -0.05) is 12.1 Å². The first-order valence-electron chi connectivity index (χ1n) is 5.76. The molecule has 1 N–H and O–H groups in total. The van der Waals surface area contributed by atoms with Crippen LogP contribution in [-0.2, 0) is 0 Å². The van der Waals surface area contributed by atoms with Crippen molar-refractivity contribution in [1.82, 2.24) is 9.97 Å². The van der Waals surface area contributed by atoms with Crippen LogP contribution >= 0.6 is 0 Å². The van der Waals surface area contributed by atoms with Crippen LogP contribution in [0.1, 0.15) is 24.6 Å². The topological polar surface area (TPSA) is 64.8 Å². The highest BCUT2D eigenvalue weighted by molar-refractivity contribution is 5.94. The summed E-state index contributed by atoms with van der Waals surface area (Å²) in [7, 11) is 0. The van der Waals surface area contributed by atoms with E-state index in [1.807, 2.05) is 24.3 Å². The second-order valence-corrected chi connectivity index (χ2v) is 4.18. The number of nitriles is 1. The van der Waals surface area contributed by atoms with Gasteiger partial charge in [-0.3, -0.25) is 4.99 Å². The quantitative estimate of drug-likeness (QED) is 0.851. The molecule has 1 aromatic heterocycles. The Bertz CT molecular complexity index is 585. The summed E-state index contributed by atoms with van der Waals surface area (Å²) in [6, 6.07) is 10.1. The largest absolute Gasteiger partial charge is 0.341 e. The van der Waals surface area contributed by atoms with Crippen molar-refractivity contribution in [2.75, 3.05) is 6.54 Å². The van der Waals surface area contributed by atoms with Gasteiger partial charge in [0.25, 0.3) is 0 Å². The van der Waals surface area contributed by atoms with Crippen molar-refractivity contribution in [2.24, 2.45) is 4.99 Å². The summed E-state index contributed by atoms with van der Waals surface area (Å²) in [6.45, 7) is 0.841. The van der Waals surface area contributed by atoms with Crippen molar-refractivity contribution < 1.29 is 0 Å². The van der Waals surface area contributed by atoms with Crippen molar-refractivity contribution in [2.45, 2.75) is 18.8 Å². The highest BCUT2D eigenvalue weighted by Crippen LogP contribution is 2.22. The Balaban J connectivity index is 2.04. The SMILES string of the molecule is N#C[C@H](C1=NCCC1)c1nc2ccccc2[nH]1. The van der Waals surface area contributed by atoms with Gasteiger partial charge in [0.05, 0.1) is 17.1 Å². The van der Waals surface area contributed by atoms with Crippen molar-refractivity contribution in [3.63, 3.8) is 0 Å². The van der Waals surface area contributed by atoms with Gasteiger partial charge in [-0.05, 0) is 25.0 Å². The van der Waals surface area contributed by atoms with Crippen molar-refractivity contribution >= 4 is 16.7 Å². The van der Waals surface area contributed by atoms with Gasteiger partial charge >= 0.3 is 0 Å². The summed E-state index contributed by atoms with van der Waals surface area (Å²) in [5.41, 5.74) is 2.84. The molecule has 17 heavy (non-hydrogen) atoms. The maximum Gasteiger partial charge on any atom is 0.142 e. The average Bonchev–Trinajstić information content (AvgIpc) is 2.98. The molecular weight excluding hydrogens is 212 g/mol. The molecule has 4 nitrogen and oxygen atoms in total. The van der Waals surface area contributed by atoms with Gasteiger partial charge in [-0.2, -0.15) is 5.26 Å². The number of hydrogen-bond donors (Lipinski definition) is 1. The molecule has 0 saturated carbocycles. The molecule has 1 aliphatic rings. The van der Waals surface area contributed by atoms with Crippen LogP contribution < -0.4 is 0 Å². The summed E-state index contributed by atoms with van der Waals surface area (Å²) in [4.78, 5) is 12.1. The molecule has 1 atom stereocenters. The number of hydrogen-bond acceptors (Lipinski definition) is 3. The van der Waals surface area contributed by atoms with Crippen molar-refractivity contribution in [3.05, 3.63) is 30.1 Å². The number of benzene rings is 1. The molecule has 0 amide bonds. The van der Waals surface area contributed by atoms with Gasteiger partial charge in [0.15, 0.2) is 0 Å². The standard InChI is InChI=1S/C13H12N4/c14-8-9(10-6-3-7-15-10)13-16-11-4-1-2-5-12(11)17-13/h1-2,4-5,9H,3,6-7H2,(H,16,17)/t9-/m1/s1. The van der Waals surface area contributed by atoms with Crippen LogP contribution in [0.2, 0.25) is 0 Å². The zero-order valence-corrected chi connectivity index (χ0v) is 9.35. The molecule has 0 bridgehead atoms. The van der Waals surface area contributed by atoms with Crippen LogP contribution in [0.3, 0.4) is 0 Å². The van der Waals surface area contributed by atoms with Gasteiger partial charge in [0.2, 0.25) is 0 Å². The molecule has 0 unspecified atom stereocenters. The predicted octanol–water partition coefficient (Wildman–Crippen LogP) is 2.40. The van der Waals surface area contributed by atoms with E-state index < -0.39 is 0 Å². The molecular formula is C13H12N4. The van der Waals surface area contributed by atoms with E-state index in [-0.39, 0.29) is 5.92 Å². The first kappa shape index (κ1) is 10.0. The number of para-hydroxylation sites is 2. The van der Waals surface area contributed by atoms with Gasteiger partial charge in [-0.25, -0.2) is 4.98 Å². The lowest BCUT2D eigenvalue weighted by Gasteiger charge is -2.04. The summed E-state index contributed by atoms with van der Waals surface area (Å²) in [6.07, 6.45) is 1.96. The summed E-state index contributed by atoms with van der Waals surface area (Å²) in [5, 5.41) is 9.27. The minimum absolute atomic E-state index is 0.315. The van der Waals surface area contributed by atoms with Crippen molar-refractivity contribution in [1.29, 1.82) is 5.26 Å². The Morgan fingerprint density at radius 1 is 1.35 bits per heavy atom. The predicted molar refractivity (Wildman–Crippen MR) is 66.0 cm³/mol. The van der Waals surface area contributed by atoms with Crippen LogP contribution in [0.4, 0.5) is 0 Å². The van der Waals surface area contributed by atoms with Crippen molar-refractivity contribution in [3.8, 4) is 6.07 Å². The van der Waals surface area contributed by atoms with Crippen LogP contribution in [0, 0.1) is 11.3 Å². The van der Waals surface area contributed by atoms with Crippen LogP contribution in [0.15, 0.2) is 29.3 Å². The highest BCUT2D eigenvalue weighted by Gasteiger charge is 2.23. The molecule has 1 aliphatic heterocycles. The number of aromatic amines is 1. The number of aromatic nitrogens is 2. The third-order valence-corrected chi connectivity index (χ3v) is 3.05. The Labute approximate surface area is 99.0 Å². The minimum Gasteiger partial charge on any atom is -0.341 e. The van der Waals surface area contributed by atoms with Crippen LogP contribution in [-0.4, -0.2) is 22.2 Å². The number of nitrogens with one attached hydrogen (secondary N) is 1.